The van der Waals surface area contributed by atoms with Crippen molar-refractivity contribution in [1.29, 1.82) is 0 Å². The summed E-state index contributed by atoms with van der Waals surface area (Å²) in [5.74, 6) is -0.138. The number of nitrogens with one attached hydrogen (secondary N) is 1. The van der Waals surface area contributed by atoms with Crippen LogP contribution in [0.5, 0.6) is 0 Å². The second kappa shape index (κ2) is 5.10. The van der Waals surface area contributed by atoms with Crippen LogP contribution in [0.15, 0.2) is 30.2 Å². The van der Waals surface area contributed by atoms with E-state index in [0.717, 1.165) is 5.56 Å². The molecule has 5 heteroatoms. The Labute approximate surface area is 104 Å². The molecule has 0 bridgehead atoms. The Balaban J connectivity index is 2.10. The van der Waals surface area contributed by atoms with Gasteiger partial charge in [0.1, 0.15) is 19.5 Å². The first kappa shape index (κ1) is 11.8. The third kappa shape index (κ3) is 2.91. The fraction of sp³-hybridized carbons (Fsp3) is 0.250. The number of halogens is 1. The van der Waals surface area contributed by atoms with Crippen LogP contribution in [-0.4, -0.2) is 19.1 Å². The highest BCUT2D eigenvalue weighted by Gasteiger charge is 2.15. The lowest BCUT2D eigenvalue weighted by molar-refractivity contribution is -0.117. The second-order valence-corrected chi connectivity index (χ2v) is 4.05. The van der Waals surface area contributed by atoms with Crippen LogP contribution in [0.2, 0.25) is 5.02 Å². The highest BCUT2D eigenvalue weighted by molar-refractivity contribution is 6.30. The number of rotatable bonds is 2. The fourth-order valence-electron chi connectivity index (χ4n) is 1.44. The second-order valence-electron chi connectivity index (χ2n) is 3.61. The van der Waals surface area contributed by atoms with Gasteiger partial charge in [-0.2, -0.15) is 0 Å². The van der Waals surface area contributed by atoms with Crippen molar-refractivity contribution in [3.8, 4) is 0 Å². The molecule has 1 aliphatic rings. The Kier molecular flexibility index (Phi) is 3.54. The third-order valence-corrected chi connectivity index (χ3v) is 2.54. The maximum atomic E-state index is 11.8. The minimum Gasteiger partial charge on any atom is -0.494 e. The van der Waals surface area contributed by atoms with E-state index in [9.17, 15) is 4.79 Å². The summed E-state index contributed by atoms with van der Waals surface area (Å²) in [6, 6.07) is 5.25. The van der Waals surface area contributed by atoms with Gasteiger partial charge in [0.25, 0.3) is 5.91 Å². The van der Waals surface area contributed by atoms with Crippen molar-refractivity contribution in [1.82, 2.24) is 0 Å². The van der Waals surface area contributed by atoms with E-state index in [4.69, 9.17) is 21.1 Å². The molecule has 0 saturated carbocycles. The van der Waals surface area contributed by atoms with Gasteiger partial charge in [-0.25, -0.2) is 0 Å². The van der Waals surface area contributed by atoms with Gasteiger partial charge in [-0.15, -0.1) is 0 Å². The van der Waals surface area contributed by atoms with Gasteiger partial charge in [0.15, 0.2) is 0 Å². The summed E-state index contributed by atoms with van der Waals surface area (Å²) >= 11 is 5.83. The van der Waals surface area contributed by atoms with Gasteiger partial charge in [0, 0.05) is 10.7 Å². The summed E-state index contributed by atoms with van der Waals surface area (Å²) in [7, 11) is 0. The topological polar surface area (TPSA) is 47.6 Å². The van der Waals surface area contributed by atoms with E-state index in [1.54, 1.807) is 18.2 Å². The monoisotopic (exact) mass is 253 g/mol. The maximum Gasteiger partial charge on any atom is 0.294 e. The minimum atomic E-state index is -0.324. The molecule has 0 radical (unpaired) electrons. The van der Waals surface area contributed by atoms with Crippen molar-refractivity contribution >= 4 is 23.2 Å². The number of hydrogen-bond donors (Lipinski definition) is 1. The molecule has 1 N–H and O–H groups in total. The Morgan fingerprint density at radius 2 is 2.24 bits per heavy atom. The van der Waals surface area contributed by atoms with E-state index in [1.165, 1.54) is 6.26 Å². The van der Waals surface area contributed by atoms with Crippen LogP contribution in [-0.2, 0) is 14.3 Å². The maximum absolute atomic E-state index is 11.8. The molecule has 2 rings (SSSR count). The summed E-state index contributed by atoms with van der Waals surface area (Å²) in [5.41, 5.74) is 1.60. The molecule has 0 unspecified atom stereocenters. The lowest BCUT2D eigenvalue weighted by Crippen LogP contribution is -2.21. The molecule has 0 spiro atoms. The molecule has 0 aliphatic carbocycles. The van der Waals surface area contributed by atoms with Crippen molar-refractivity contribution in [3.63, 3.8) is 0 Å². The van der Waals surface area contributed by atoms with Crippen LogP contribution in [0.3, 0.4) is 0 Å². The van der Waals surface area contributed by atoms with Crippen LogP contribution >= 0.6 is 11.6 Å². The minimum absolute atomic E-state index is 0.186. The zero-order valence-corrected chi connectivity index (χ0v) is 10.1. The molecule has 0 saturated heterocycles. The number of anilines is 1. The van der Waals surface area contributed by atoms with Crippen LogP contribution < -0.4 is 5.32 Å². The normalized spacial score (nSPS) is 14.4. The SMILES string of the molecule is Cc1cc(Cl)ccc1NC(=O)C1=COCCO1. The molecule has 90 valence electrons. The van der Waals surface area contributed by atoms with E-state index in [2.05, 4.69) is 5.32 Å². The molecule has 0 atom stereocenters. The molecule has 4 nitrogen and oxygen atoms in total. The standard InChI is InChI=1S/C12H12ClNO3/c1-8-6-9(13)2-3-10(8)14-12(15)11-7-16-4-5-17-11/h2-3,6-7H,4-5H2,1H3,(H,14,15). The largest absolute Gasteiger partial charge is 0.494 e. The van der Waals surface area contributed by atoms with Gasteiger partial charge < -0.3 is 14.8 Å². The Bertz CT molecular complexity index is 471. The number of benzene rings is 1. The molecule has 0 fully saturated rings. The first-order valence-corrected chi connectivity index (χ1v) is 5.56. The number of aryl methyl sites for hydroxylation is 1. The van der Waals surface area contributed by atoms with Gasteiger partial charge in [-0.05, 0) is 30.7 Å². The lowest BCUT2D eigenvalue weighted by atomic mass is 10.2. The molecule has 1 amide bonds. The molecule has 1 aromatic carbocycles. The average molecular weight is 254 g/mol. The van der Waals surface area contributed by atoms with Crippen molar-refractivity contribution in [2.75, 3.05) is 18.5 Å². The van der Waals surface area contributed by atoms with Crippen molar-refractivity contribution in [3.05, 3.63) is 40.8 Å². The van der Waals surface area contributed by atoms with Crippen LogP contribution in [0, 0.1) is 6.92 Å². The van der Waals surface area contributed by atoms with Gasteiger partial charge in [0.2, 0.25) is 5.76 Å². The number of carbonyl (C=O) groups is 1. The van der Waals surface area contributed by atoms with E-state index in [1.807, 2.05) is 6.92 Å². The van der Waals surface area contributed by atoms with Gasteiger partial charge in [-0.1, -0.05) is 11.6 Å². The highest BCUT2D eigenvalue weighted by atomic mass is 35.5. The average Bonchev–Trinajstić information content (AvgIpc) is 2.34. The van der Waals surface area contributed by atoms with E-state index < -0.39 is 0 Å². The van der Waals surface area contributed by atoms with Crippen LogP contribution in [0.4, 0.5) is 5.69 Å². The predicted molar refractivity (Wildman–Crippen MR) is 64.8 cm³/mol. The molecular weight excluding hydrogens is 242 g/mol. The highest BCUT2D eigenvalue weighted by Crippen LogP contribution is 2.20. The smallest absolute Gasteiger partial charge is 0.294 e. The van der Waals surface area contributed by atoms with Gasteiger partial charge in [0.05, 0.1) is 0 Å². The van der Waals surface area contributed by atoms with Crippen molar-refractivity contribution in [2.45, 2.75) is 6.92 Å². The zero-order chi connectivity index (χ0) is 12.3. The van der Waals surface area contributed by atoms with Gasteiger partial charge >= 0.3 is 0 Å². The Hall–Kier alpha value is -1.68. The van der Waals surface area contributed by atoms with Crippen molar-refractivity contribution in [2.24, 2.45) is 0 Å². The molecular formula is C12H12ClNO3. The number of hydrogen-bond acceptors (Lipinski definition) is 3. The molecule has 1 aliphatic heterocycles. The van der Waals surface area contributed by atoms with E-state index in [-0.39, 0.29) is 11.7 Å². The summed E-state index contributed by atoms with van der Waals surface area (Å²) in [6.07, 6.45) is 1.32. The Morgan fingerprint density at radius 1 is 1.41 bits per heavy atom. The molecule has 1 aromatic rings. The molecule has 0 aromatic heterocycles. The Morgan fingerprint density at radius 3 is 2.88 bits per heavy atom. The molecule has 17 heavy (non-hydrogen) atoms. The molecule has 1 heterocycles. The van der Waals surface area contributed by atoms with Crippen LogP contribution in [0.1, 0.15) is 5.56 Å². The lowest BCUT2D eigenvalue weighted by Gasteiger charge is -2.15. The quantitative estimate of drug-likeness (QED) is 0.881. The van der Waals surface area contributed by atoms with E-state index >= 15 is 0 Å². The summed E-state index contributed by atoms with van der Waals surface area (Å²) in [5, 5.41) is 3.37. The van der Waals surface area contributed by atoms with Crippen LogP contribution in [0.25, 0.3) is 0 Å². The fourth-order valence-corrected chi connectivity index (χ4v) is 1.67. The summed E-state index contributed by atoms with van der Waals surface area (Å²) in [6.45, 7) is 2.73. The summed E-state index contributed by atoms with van der Waals surface area (Å²) in [4.78, 5) is 11.8. The predicted octanol–water partition coefficient (Wildman–Crippen LogP) is 2.48. The van der Waals surface area contributed by atoms with E-state index in [0.29, 0.717) is 23.9 Å². The number of carbonyl (C=O) groups excluding carboxylic acids is 1. The third-order valence-electron chi connectivity index (χ3n) is 2.31. The zero-order valence-electron chi connectivity index (χ0n) is 9.33. The number of amides is 1. The summed E-state index contributed by atoms with van der Waals surface area (Å²) < 4.78 is 10.2. The van der Waals surface area contributed by atoms with Gasteiger partial charge in [-0.3, -0.25) is 4.79 Å². The first-order chi connectivity index (χ1) is 8.16. The number of ether oxygens (including phenoxy) is 2. The van der Waals surface area contributed by atoms with Crippen molar-refractivity contribution < 1.29 is 14.3 Å². The first-order valence-electron chi connectivity index (χ1n) is 5.19.